The summed E-state index contributed by atoms with van der Waals surface area (Å²) in [6.07, 6.45) is 1.72. The fourth-order valence-electron chi connectivity index (χ4n) is 1.56. The van der Waals surface area contributed by atoms with Gasteiger partial charge in [-0.05, 0) is 25.5 Å². The summed E-state index contributed by atoms with van der Waals surface area (Å²) in [4.78, 5) is 11.8. The number of pyridine rings is 1. The minimum Gasteiger partial charge on any atom is -0.314 e. The van der Waals surface area contributed by atoms with Crippen LogP contribution < -0.4 is 10.3 Å². The molecule has 1 aromatic heterocycles. The summed E-state index contributed by atoms with van der Waals surface area (Å²) in [6, 6.07) is 1.81. The third-order valence-electron chi connectivity index (χ3n) is 2.52. The molecule has 7 heteroatoms. The van der Waals surface area contributed by atoms with E-state index >= 15 is 0 Å². The molecule has 0 fully saturated rings. The van der Waals surface area contributed by atoms with Gasteiger partial charge in [0.05, 0.1) is 0 Å². The van der Waals surface area contributed by atoms with Crippen LogP contribution in [0.5, 0.6) is 0 Å². The predicted octanol–water partition coefficient (Wildman–Crippen LogP) is -0.139. The minimum atomic E-state index is -3.43. The summed E-state index contributed by atoms with van der Waals surface area (Å²) in [6.45, 7) is 4.14. The number of nitrogens with one attached hydrogen (secondary N) is 1. The quantitative estimate of drug-likeness (QED) is 0.812. The van der Waals surface area contributed by atoms with Gasteiger partial charge in [-0.15, -0.1) is 0 Å². The van der Waals surface area contributed by atoms with E-state index in [1.807, 2.05) is 13.0 Å². The van der Waals surface area contributed by atoms with Crippen LogP contribution in [0.15, 0.2) is 17.1 Å². The van der Waals surface area contributed by atoms with Crippen molar-refractivity contribution in [3.05, 3.63) is 33.7 Å². The maximum Gasteiger partial charge on any atom is 0.278 e. The first-order valence-corrected chi connectivity index (χ1v) is 7.03. The average molecular weight is 273 g/mol. The monoisotopic (exact) mass is 273 g/mol. The lowest BCUT2D eigenvalue weighted by Gasteiger charge is -2.13. The molecule has 0 saturated heterocycles. The van der Waals surface area contributed by atoms with Crippen LogP contribution in [-0.2, 0) is 16.8 Å². The van der Waals surface area contributed by atoms with Gasteiger partial charge < -0.3 is 4.57 Å². The van der Waals surface area contributed by atoms with Crippen LogP contribution >= 0.6 is 0 Å². The Bertz CT molecular complexity index is 576. The molecule has 1 N–H and O–H groups in total. The van der Waals surface area contributed by atoms with Crippen molar-refractivity contribution in [3.8, 4) is 0 Å². The highest BCUT2D eigenvalue weighted by molar-refractivity contribution is 7.87. The van der Waals surface area contributed by atoms with Crippen LogP contribution in [0, 0.1) is 13.8 Å². The largest absolute Gasteiger partial charge is 0.314 e. The van der Waals surface area contributed by atoms with Crippen LogP contribution in [0.2, 0.25) is 0 Å². The molecule has 0 radical (unpaired) electrons. The molecule has 0 spiro atoms. The van der Waals surface area contributed by atoms with E-state index in [-0.39, 0.29) is 12.1 Å². The molecule has 1 heterocycles. The maximum absolute atomic E-state index is 11.8. The second kappa shape index (κ2) is 5.64. The van der Waals surface area contributed by atoms with E-state index in [4.69, 9.17) is 0 Å². The normalized spacial score (nSPS) is 12.1. The molecule has 0 aliphatic carbocycles. The Hall–Kier alpha value is -1.18. The van der Waals surface area contributed by atoms with E-state index in [1.54, 1.807) is 13.1 Å². The van der Waals surface area contributed by atoms with E-state index in [0.717, 1.165) is 9.87 Å². The molecule has 0 bridgehead atoms. The Morgan fingerprint density at radius 2 is 1.94 bits per heavy atom. The second-order valence-corrected chi connectivity index (χ2v) is 6.35. The standard InChI is InChI=1S/C11H19N3O3S/c1-9-7-10(2)11(15)14(8-9)6-5-12-18(16,17)13(3)4/h7-8,12H,5-6H2,1-4H3. The Kier molecular flexibility index (Phi) is 4.66. The Morgan fingerprint density at radius 3 is 2.50 bits per heavy atom. The van der Waals surface area contributed by atoms with Crippen LogP contribution in [0.3, 0.4) is 0 Å². The van der Waals surface area contributed by atoms with Gasteiger partial charge in [-0.1, -0.05) is 0 Å². The van der Waals surface area contributed by atoms with Crippen molar-refractivity contribution in [2.45, 2.75) is 20.4 Å². The molecule has 0 aliphatic heterocycles. The van der Waals surface area contributed by atoms with E-state index in [1.165, 1.54) is 18.7 Å². The fourth-order valence-corrected chi connectivity index (χ4v) is 2.17. The fraction of sp³-hybridized carbons (Fsp3) is 0.545. The number of aryl methyl sites for hydroxylation is 2. The van der Waals surface area contributed by atoms with Gasteiger partial charge in [0.25, 0.3) is 15.8 Å². The van der Waals surface area contributed by atoms with Crippen molar-refractivity contribution in [3.63, 3.8) is 0 Å². The van der Waals surface area contributed by atoms with Gasteiger partial charge in [0, 0.05) is 38.9 Å². The number of rotatable bonds is 5. The van der Waals surface area contributed by atoms with Gasteiger partial charge in [0.15, 0.2) is 0 Å². The first-order valence-electron chi connectivity index (χ1n) is 5.59. The third kappa shape index (κ3) is 3.66. The van der Waals surface area contributed by atoms with E-state index in [9.17, 15) is 13.2 Å². The van der Waals surface area contributed by atoms with Crippen molar-refractivity contribution in [1.29, 1.82) is 0 Å². The molecular formula is C11H19N3O3S. The lowest BCUT2D eigenvalue weighted by molar-refractivity contribution is 0.500. The van der Waals surface area contributed by atoms with Crippen LogP contribution in [0.1, 0.15) is 11.1 Å². The molecular weight excluding hydrogens is 254 g/mol. The predicted molar refractivity (Wildman–Crippen MR) is 70.8 cm³/mol. The maximum atomic E-state index is 11.8. The lowest BCUT2D eigenvalue weighted by Crippen LogP contribution is -2.38. The molecule has 102 valence electrons. The zero-order chi connectivity index (χ0) is 13.9. The molecule has 0 aromatic carbocycles. The zero-order valence-electron chi connectivity index (χ0n) is 11.1. The van der Waals surface area contributed by atoms with Gasteiger partial charge in [-0.3, -0.25) is 4.79 Å². The van der Waals surface area contributed by atoms with Crippen LogP contribution in [0.25, 0.3) is 0 Å². The number of aromatic nitrogens is 1. The highest BCUT2D eigenvalue weighted by atomic mass is 32.2. The molecule has 1 rings (SSSR count). The van der Waals surface area contributed by atoms with Gasteiger partial charge in [0.2, 0.25) is 0 Å². The highest BCUT2D eigenvalue weighted by Crippen LogP contribution is 1.97. The van der Waals surface area contributed by atoms with Gasteiger partial charge >= 0.3 is 0 Å². The first-order chi connectivity index (χ1) is 8.24. The molecule has 0 atom stereocenters. The Morgan fingerprint density at radius 1 is 1.33 bits per heavy atom. The minimum absolute atomic E-state index is 0.0929. The summed E-state index contributed by atoms with van der Waals surface area (Å²) in [7, 11) is -0.534. The third-order valence-corrected chi connectivity index (χ3v) is 4.05. The molecule has 18 heavy (non-hydrogen) atoms. The van der Waals surface area contributed by atoms with Crippen LogP contribution in [0.4, 0.5) is 0 Å². The molecule has 0 aliphatic rings. The van der Waals surface area contributed by atoms with E-state index in [2.05, 4.69) is 4.72 Å². The van der Waals surface area contributed by atoms with Crippen molar-refractivity contribution in [1.82, 2.24) is 13.6 Å². The molecule has 1 aromatic rings. The van der Waals surface area contributed by atoms with E-state index in [0.29, 0.717) is 12.1 Å². The number of hydrogen-bond acceptors (Lipinski definition) is 3. The zero-order valence-corrected chi connectivity index (χ0v) is 11.9. The molecule has 0 unspecified atom stereocenters. The van der Waals surface area contributed by atoms with Crippen molar-refractivity contribution >= 4 is 10.2 Å². The smallest absolute Gasteiger partial charge is 0.278 e. The van der Waals surface area contributed by atoms with Crippen LogP contribution in [-0.4, -0.2) is 37.9 Å². The van der Waals surface area contributed by atoms with Crippen molar-refractivity contribution < 1.29 is 8.42 Å². The van der Waals surface area contributed by atoms with E-state index < -0.39 is 10.2 Å². The topological polar surface area (TPSA) is 71.4 Å². The second-order valence-electron chi connectivity index (χ2n) is 4.38. The summed E-state index contributed by atoms with van der Waals surface area (Å²) in [5.74, 6) is 0. The highest BCUT2D eigenvalue weighted by Gasteiger charge is 2.11. The number of hydrogen-bond donors (Lipinski definition) is 1. The average Bonchev–Trinajstić information content (AvgIpc) is 2.24. The van der Waals surface area contributed by atoms with Crippen molar-refractivity contribution in [2.24, 2.45) is 0 Å². The van der Waals surface area contributed by atoms with Gasteiger partial charge in [0.1, 0.15) is 0 Å². The summed E-state index contributed by atoms with van der Waals surface area (Å²) in [5, 5.41) is 0. The summed E-state index contributed by atoms with van der Waals surface area (Å²) < 4.78 is 28.0. The summed E-state index contributed by atoms with van der Waals surface area (Å²) >= 11 is 0. The Balaban J connectivity index is 2.74. The Labute approximate surface area is 107 Å². The van der Waals surface area contributed by atoms with Gasteiger partial charge in [-0.2, -0.15) is 12.7 Å². The molecule has 0 saturated carbocycles. The SMILES string of the molecule is Cc1cc(C)c(=O)n(CCNS(=O)(=O)N(C)C)c1. The lowest BCUT2D eigenvalue weighted by atomic mass is 10.2. The molecule has 6 nitrogen and oxygen atoms in total. The van der Waals surface area contributed by atoms with Gasteiger partial charge in [-0.25, -0.2) is 4.72 Å². The van der Waals surface area contributed by atoms with Crippen molar-refractivity contribution in [2.75, 3.05) is 20.6 Å². The first kappa shape index (κ1) is 14.9. The number of nitrogens with zero attached hydrogens (tertiary/aromatic N) is 2. The molecule has 0 amide bonds. The summed E-state index contributed by atoms with van der Waals surface area (Å²) in [5.41, 5.74) is 1.54.